The van der Waals surface area contributed by atoms with E-state index < -0.39 is 6.17 Å². The van der Waals surface area contributed by atoms with Crippen LogP contribution in [0.1, 0.15) is 31.5 Å². The van der Waals surface area contributed by atoms with Crippen LogP contribution < -0.4 is 10.6 Å². The number of hydrogen-bond acceptors (Lipinski definition) is 2. The standard InChI is InChI=1S/C13H18BrFN2/c1-9(15)10-4-5-13(12(14)7-10)17-8-11-3-2-6-16-11/h4-5,7,9,11,16-17H,2-3,6,8H2,1H3. The van der Waals surface area contributed by atoms with Crippen molar-refractivity contribution < 1.29 is 4.39 Å². The minimum Gasteiger partial charge on any atom is -0.383 e. The Hall–Kier alpha value is -0.610. The van der Waals surface area contributed by atoms with E-state index in [1.807, 2.05) is 18.2 Å². The van der Waals surface area contributed by atoms with Gasteiger partial charge in [0.05, 0.1) is 0 Å². The van der Waals surface area contributed by atoms with Crippen molar-refractivity contribution in [3.8, 4) is 0 Å². The van der Waals surface area contributed by atoms with E-state index in [4.69, 9.17) is 0 Å². The van der Waals surface area contributed by atoms with Crippen LogP contribution in [0.2, 0.25) is 0 Å². The van der Waals surface area contributed by atoms with Crippen LogP contribution in [0.25, 0.3) is 0 Å². The number of anilines is 1. The van der Waals surface area contributed by atoms with Crippen LogP contribution in [0.4, 0.5) is 10.1 Å². The zero-order valence-electron chi connectivity index (χ0n) is 9.97. The summed E-state index contributed by atoms with van der Waals surface area (Å²) in [6, 6.07) is 6.17. The Morgan fingerprint density at radius 2 is 2.41 bits per heavy atom. The molecule has 1 aliphatic rings. The van der Waals surface area contributed by atoms with Gasteiger partial charge in [0.25, 0.3) is 0 Å². The first-order valence-corrected chi connectivity index (χ1v) is 6.87. The van der Waals surface area contributed by atoms with Crippen LogP contribution >= 0.6 is 15.9 Å². The lowest BCUT2D eigenvalue weighted by atomic mass is 10.1. The number of benzene rings is 1. The van der Waals surface area contributed by atoms with Gasteiger partial charge in [-0.25, -0.2) is 4.39 Å². The fourth-order valence-electron chi connectivity index (χ4n) is 2.09. The summed E-state index contributed by atoms with van der Waals surface area (Å²) in [5, 5.41) is 6.83. The summed E-state index contributed by atoms with van der Waals surface area (Å²) < 4.78 is 14.1. The Labute approximate surface area is 110 Å². The van der Waals surface area contributed by atoms with Gasteiger partial charge in [-0.05, 0) is 59.9 Å². The first kappa shape index (κ1) is 12.8. The number of halogens is 2. The fraction of sp³-hybridized carbons (Fsp3) is 0.538. The van der Waals surface area contributed by atoms with Crippen molar-refractivity contribution in [2.24, 2.45) is 0 Å². The summed E-state index contributed by atoms with van der Waals surface area (Å²) in [5.74, 6) is 0. The van der Waals surface area contributed by atoms with E-state index in [0.29, 0.717) is 11.6 Å². The minimum atomic E-state index is -0.920. The van der Waals surface area contributed by atoms with Crippen LogP contribution in [-0.2, 0) is 0 Å². The minimum absolute atomic E-state index is 0.557. The molecule has 0 amide bonds. The number of rotatable bonds is 4. The monoisotopic (exact) mass is 300 g/mol. The molecule has 1 aromatic rings. The maximum atomic E-state index is 13.1. The van der Waals surface area contributed by atoms with Crippen LogP contribution in [0.3, 0.4) is 0 Å². The first-order chi connectivity index (χ1) is 8.16. The van der Waals surface area contributed by atoms with Gasteiger partial charge in [0.2, 0.25) is 0 Å². The lowest BCUT2D eigenvalue weighted by Gasteiger charge is -2.14. The quantitative estimate of drug-likeness (QED) is 0.887. The van der Waals surface area contributed by atoms with Crippen LogP contribution in [-0.4, -0.2) is 19.1 Å². The van der Waals surface area contributed by atoms with Gasteiger partial charge in [0.15, 0.2) is 0 Å². The third-order valence-electron chi connectivity index (χ3n) is 3.15. The Balaban J connectivity index is 1.96. The van der Waals surface area contributed by atoms with Crippen molar-refractivity contribution >= 4 is 21.6 Å². The normalized spacial score (nSPS) is 21.5. The fourth-order valence-corrected chi connectivity index (χ4v) is 2.62. The van der Waals surface area contributed by atoms with E-state index in [9.17, 15) is 4.39 Å². The molecule has 0 aromatic heterocycles. The molecule has 0 bridgehead atoms. The molecular formula is C13H18BrFN2. The van der Waals surface area contributed by atoms with Gasteiger partial charge in [-0.15, -0.1) is 0 Å². The molecule has 17 heavy (non-hydrogen) atoms. The number of nitrogens with one attached hydrogen (secondary N) is 2. The smallest absolute Gasteiger partial charge is 0.122 e. The molecular weight excluding hydrogens is 283 g/mol. The molecule has 2 rings (SSSR count). The molecule has 94 valence electrons. The summed E-state index contributed by atoms with van der Waals surface area (Å²) in [6.07, 6.45) is 1.56. The zero-order valence-corrected chi connectivity index (χ0v) is 11.6. The van der Waals surface area contributed by atoms with Gasteiger partial charge in [0.1, 0.15) is 6.17 Å². The summed E-state index contributed by atoms with van der Waals surface area (Å²) in [5.41, 5.74) is 1.74. The molecule has 2 unspecified atom stereocenters. The highest BCUT2D eigenvalue weighted by Gasteiger charge is 2.14. The van der Waals surface area contributed by atoms with Gasteiger partial charge in [0, 0.05) is 22.7 Å². The van der Waals surface area contributed by atoms with Crippen molar-refractivity contribution in [2.75, 3.05) is 18.4 Å². The molecule has 1 saturated heterocycles. The third kappa shape index (κ3) is 3.42. The summed E-state index contributed by atoms with van der Waals surface area (Å²) in [7, 11) is 0. The molecule has 2 atom stereocenters. The van der Waals surface area contributed by atoms with E-state index in [1.165, 1.54) is 12.8 Å². The molecule has 0 aliphatic carbocycles. The van der Waals surface area contributed by atoms with E-state index in [0.717, 1.165) is 23.2 Å². The molecule has 1 aliphatic heterocycles. The molecule has 1 fully saturated rings. The van der Waals surface area contributed by atoms with Crippen LogP contribution in [0.5, 0.6) is 0 Å². The van der Waals surface area contributed by atoms with Gasteiger partial charge in [-0.3, -0.25) is 0 Å². The van der Waals surface area contributed by atoms with Crippen molar-refractivity contribution in [3.63, 3.8) is 0 Å². The summed E-state index contributed by atoms with van der Waals surface area (Å²) in [4.78, 5) is 0. The van der Waals surface area contributed by atoms with E-state index in [-0.39, 0.29) is 0 Å². The largest absolute Gasteiger partial charge is 0.383 e. The van der Waals surface area contributed by atoms with Crippen LogP contribution in [0, 0.1) is 0 Å². The average molecular weight is 301 g/mol. The second-order valence-corrected chi connectivity index (χ2v) is 5.38. The van der Waals surface area contributed by atoms with Crippen LogP contribution in [0.15, 0.2) is 22.7 Å². The number of hydrogen-bond donors (Lipinski definition) is 2. The Morgan fingerprint density at radius 3 is 3.00 bits per heavy atom. The third-order valence-corrected chi connectivity index (χ3v) is 3.81. The Kier molecular flexibility index (Phi) is 4.40. The molecule has 0 radical (unpaired) electrons. The molecule has 2 N–H and O–H groups in total. The van der Waals surface area contributed by atoms with Crippen molar-refractivity contribution in [2.45, 2.75) is 32.0 Å². The Bertz CT molecular complexity index is 376. The molecule has 4 heteroatoms. The highest BCUT2D eigenvalue weighted by Crippen LogP contribution is 2.27. The lowest BCUT2D eigenvalue weighted by molar-refractivity contribution is 0.374. The average Bonchev–Trinajstić information content (AvgIpc) is 2.80. The molecule has 1 heterocycles. The SMILES string of the molecule is CC(F)c1ccc(NCC2CCCN2)c(Br)c1. The lowest BCUT2D eigenvalue weighted by Crippen LogP contribution is -2.29. The number of alkyl halides is 1. The van der Waals surface area contributed by atoms with Gasteiger partial charge >= 0.3 is 0 Å². The van der Waals surface area contributed by atoms with E-state index in [1.54, 1.807) is 6.92 Å². The molecule has 1 aromatic carbocycles. The van der Waals surface area contributed by atoms with Crippen molar-refractivity contribution in [1.29, 1.82) is 0 Å². The summed E-state index contributed by atoms with van der Waals surface area (Å²) in [6.45, 7) is 3.59. The first-order valence-electron chi connectivity index (χ1n) is 6.07. The second kappa shape index (κ2) is 5.83. The predicted molar refractivity (Wildman–Crippen MR) is 73.2 cm³/mol. The van der Waals surface area contributed by atoms with Gasteiger partial charge < -0.3 is 10.6 Å². The van der Waals surface area contributed by atoms with Gasteiger partial charge in [-0.1, -0.05) is 6.07 Å². The van der Waals surface area contributed by atoms with E-state index in [2.05, 4.69) is 26.6 Å². The Morgan fingerprint density at radius 1 is 1.59 bits per heavy atom. The molecule has 2 nitrogen and oxygen atoms in total. The molecule has 0 saturated carbocycles. The zero-order chi connectivity index (χ0) is 12.3. The van der Waals surface area contributed by atoms with Crippen molar-refractivity contribution in [3.05, 3.63) is 28.2 Å². The second-order valence-electron chi connectivity index (χ2n) is 4.53. The highest BCUT2D eigenvalue weighted by molar-refractivity contribution is 9.10. The molecule has 0 spiro atoms. The summed E-state index contributed by atoms with van der Waals surface area (Å²) >= 11 is 3.48. The van der Waals surface area contributed by atoms with Gasteiger partial charge in [-0.2, -0.15) is 0 Å². The van der Waals surface area contributed by atoms with Crippen molar-refractivity contribution in [1.82, 2.24) is 5.32 Å². The maximum Gasteiger partial charge on any atom is 0.122 e. The highest BCUT2D eigenvalue weighted by atomic mass is 79.9. The predicted octanol–water partition coefficient (Wildman–Crippen LogP) is 3.64. The van der Waals surface area contributed by atoms with E-state index >= 15 is 0 Å². The topological polar surface area (TPSA) is 24.1 Å². The maximum absolute atomic E-state index is 13.1.